The number of benzene rings is 2. The molecule has 3 heteroatoms. The van der Waals surface area contributed by atoms with E-state index in [0.29, 0.717) is 0 Å². The lowest BCUT2D eigenvalue weighted by Crippen LogP contribution is -2.22. The molecule has 0 atom stereocenters. The zero-order valence-electron chi connectivity index (χ0n) is 12.0. The smallest absolute Gasteiger partial charge is 0.125 e. The minimum atomic E-state index is -0.141. The van der Waals surface area contributed by atoms with Crippen LogP contribution >= 0.6 is 0 Å². The molecule has 1 N–H and O–H groups in total. The molecule has 2 aromatic rings. The second-order valence-corrected chi connectivity index (χ2v) is 5.92. The van der Waals surface area contributed by atoms with Crippen LogP contribution in [0.3, 0.4) is 0 Å². The second kappa shape index (κ2) is 5.06. The molecule has 0 saturated heterocycles. The summed E-state index contributed by atoms with van der Waals surface area (Å²) in [7, 11) is 0. The van der Waals surface area contributed by atoms with Gasteiger partial charge in [0.25, 0.3) is 0 Å². The average molecular weight is 282 g/mol. The number of nitrogens with zero attached hydrogens (tertiary/aromatic N) is 1. The first-order chi connectivity index (χ1) is 10.3. The summed E-state index contributed by atoms with van der Waals surface area (Å²) < 4.78 is 13.5. The Labute approximate surface area is 124 Å². The van der Waals surface area contributed by atoms with Crippen molar-refractivity contribution in [2.75, 3.05) is 23.3 Å². The number of nitrogens with one attached hydrogen (secondary N) is 1. The molecule has 0 spiro atoms. The number of rotatable bonds is 2. The first kappa shape index (κ1) is 12.7. The van der Waals surface area contributed by atoms with E-state index in [0.717, 1.165) is 38.2 Å². The van der Waals surface area contributed by atoms with E-state index in [4.69, 9.17) is 0 Å². The van der Waals surface area contributed by atoms with Crippen LogP contribution in [0.5, 0.6) is 0 Å². The summed E-state index contributed by atoms with van der Waals surface area (Å²) in [4.78, 5) is 2.31. The monoisotopic (exact) mass is 282 g/mol. The van der Waals surface area contributed by atoms with E-state index in [1.54, 1.807) is 12.1 Å². The fourth-order valence-electron chi connectivity index (χ4n) is 3.52. The Morgan fingerprint density at radius 3 is 3.05 bits per heavy atom. The quantitative estimate of drug-likeness (QED) is 0.902. The van der Waals surface area contributed by atoms with E-state index in [9.17, 15) is 4.39 Å². The molecule has 0 aromatic heterocycles. The predicted molar refractivity (Wildman–Crippen MR) is 84.4 cm³/mol. The lowest BCUT2D eigenvalue weighted by Gasteiger charge is -2.25. The Balaban J connectivity index is 1.65. The van der Waals surface area contributed by atoms with Gasteiger partial charge in [-0.25, -0.2) is 4.39 Å². The summed E-state index contributed by atoms with van der Waals surface area (Å²) >= 11 is 0. The Morgan fingerprint density at radius 2 is 2.10 bits per heavy atom. The van der Waals surface area contributed by atoms with Crippen molar-refractivity contribution >= 4 is 11.4 Å². The van der Waals surface area contributed by atoms with Crippen molar-refractivity contribution in [3.05, 3.63) is 58.9 Å². The Morgan fingerprint density at radius 1 is 1.14 bits per heavy atom. The average Bonchev–Trinajstić information content (AvgIpc) is 2.90. The van der Waals surface area contributed by atoms with E-state index in [-0.39, 0.29) is 5.82 Å². The van der Waals surface area contributed by atoms with Gasteiger partial charge in [0.15, 0.2) is 0 Å². The summed E-state index contributed by atoms with van der Waals surface area (Å²) in [5.41, 5.74) is 6.42. The van der Waals surface area contributed by atoms with Crippen molar-refractivity contribution in [2.24, 2.45) is 0 Å². The van der Waals surface area contributed by atoms with Crippen molar-refractivity contribution in [3.63, 3.8) is 0 Å². The largest absolute Gasteiger partial charge is 0.385 e. The van der Waals surface area contributed by atoms with Gasteiger partial charge in [0.1, 0.15) is 5.82 Å². The van der Waals surface area contributed by atoms with Gasteiger partial charge < -0.3 is 10.2 Å². The van der Waals surface area contributed by atoms with Crippen LogP contribution in [0.15, 0.2) is 36.4 Å². The first-order valence-corrected chi connectivity index (χ1v) is 7.69. The van der Waals surface area contributed by atoms with Crippen molar-refractivity contribution in [1.29, 1.82) is 0 Å². The molecule has 0 radical (unpaired) electrons. The maximum Gasteiger partial charge on any atom is 0.125 e. The van der Waals surface area contributed by atoms with E-state index in [1.165, 1.54) is 28.8 Å². The van der Waals surface area contributed by atoms with Crippen molar-refractivity contribution in [3.8, 4) is 0 Å². The summed E-state index contributed by atoms with van der Waals surface area (Å²) in [6, 6.07) is 11.7. The topological polar surface area (TPSA) is 15.3 Å². The van der Waals surface area contributed by atoms with Crippen LogP contribution in [0, 0.1) is 5.82 Å². The fourth-order valence-corrected chi connectivity index (χ4v) is 3.52. The van der Waals surface area contributed by atoms with Gasteiger partial charge in [-0.05, 0) is 54.2 Å². The molecular weight excluding hydrogens is 263 g/mol. The minimum Gasteiger partial charge on any atom is -0.385 e. The van der Waals surface area contributed by atoms with Gasteiger partial charge in [0.05, 0.1) is 0 Å². The standard InChI is InChI=1S/C18H19FN2/c19-15-7-6-13-8-10-21(18(13)11-15)12-14-3-1-5-17-16(14)4-2-9-20-17/h1,3,5-7,11,20H,2,4,8-10,12H2. The van der Waals surface area contributed by atoms with Gasteiger partial charge in [-0.1, -0.05) is 18.2 Å². The Hall–Kier alpha value is -2.03. The lowest BCUT2D eigenvalue weighted by molar-refractivity contribution is 0.627. The second-order valence-electron chi connectivity index (χ2n) is 5.92. The fraction of sp³-hybridized carbons (Fsp3) is 0.333. The van der Waals surface area contributed by atoms with Crippen molar-refractivity contribution in [1.82, 2.24) is 0 Å². The third-order valence-electron chi connectivity index (χ3n) is 4.59. The van der Waals surface area contributed by atoms with Crippen LogP contribution in [0.4, 0.5) is 15.8 Å². The first-order valence-electron chi connectivity index (χ1n) is 7.69. The molecule has 2 aromatic carbocycles. The molecule has 21 heavy (non-hydrogen) atoms. The molecule has 0 amide bonds. The number of fused-ring (bicyclic) bond motifs is 2. The van der Waals surface area contributed by atoms with Crippen LogP contribution in [0.25, 0.3) is 0 Å². The highest BCUT2D eigenvalue weighted by molar-refractivity contribution is 5.61. The van der Waals surface area contributed by atoms with Gasteiger partial charge in [0, 0.05) is 31.0 Å². The van der Waals surface area contributed by atoms with Gasteiger partial charge in [0.2, 0.25) is 0 Å². The minimum absolute atomic E-state index is 0.141. The highest BCUT2D eigenvalue weighted by Gasteiger charge is 2.21. The summed E-state index contributed by atoms with van der Waals surface area (Å²) in [5, 5.41) is 3.48. The molecule has 2 aliphatic rings. The maximum absolute atomic E-state index is 13.5. The van der Waals surface area contributed by atoms with E-state index >= 15 is 0 Å². The predicted octanol–water partition coefficient (Wildman–Crippen LogP) is 3.75. The number of anilines is 2. The van der Waals surface area contributed by atoms with Gasteiger partial charge in [-0.15, -0.1) is 0 Å². The molecule has 0 bridgehead atoms. The van der Waals surface area contributed by atoms with E-state index in [1.807, 2.05) is 6.07 Å². The van der Waals surface area contributed by atoms with Crippen molar-refractivity contribution < 1.29 is 4.39 Å². The van der Waals surface area contributed by atoms with Crippen LogP contribution in [0.1, 0.15) is 23.1 Å². The molecule has 2 aliphatic heterocycles. The van der Waals surface area contributed by atoms with Crippen LogP contribution in [-0.2, 0) is 19.4 Å². The molecule has 108 valence electrons. The van der Waals surface area contributed by atoms with Crippen LogP contribution in [0.2, 0.25) is 0 Å². The third kappa shape index (κ3) is 2.27. The maximum atomic E-state index is 13.5. The lowest BCUT2D eigenvalue weighted by atomic mass is 9.97. The highest BCUT2D eigenvalue weighted by Crippen LogP contribution is 2.32. The third-order valence-corrected chi connectivity index (χ3v) is 4.59. The molecule has 0 aliphatic carbocycles. The molecule has 0 unspecified atom stereocenters. The van der Waals surface area contributed by atoms with Crippen molar-refractivity contribution in [2.45, 2.75) is 25.8 Å². The number of halogens is 1. The molecule has 4 rings (SSSR count). The van der Waals surface area contributed by atoms with Crippen LogP contribution in [-0.4, -0.2) is 13.1 Å². The molecule has 0 fully saturated rings. The Kier molecular flexibility index (Phi) is 3.06. The van der Waals surface area contributed by atoms with Crippen LogP contribution < -0.4 is 10.2 Å². The zero-order valence-corrected chi connectivity index (χ0v) is 12.0. The van der Waals surface area contributed by atoms with Gasteiger partial charge >= 0.3 is 0 Å². The Bertz CT molecular complexity index is 681. The summed E-state index contributed by atoms with van der Waals surface area (Å²) in [6.07, 6.45) is 3.35. The normalized spacial score (nSPS) is 16.3. The van der Waals surface area contributed by atoms with Gasteiger partial charge in [-0.3, -0.25) is 0 Å². The van der Waals surface area contributed by atoms with E-state index in [2.05, 4.69) is 28.4 Å². The zero-order chi connectivity index (χ0) is 14.2. The number of hydrogen-bond donors (Lipinski definition) is 1. The highest BCUT2D eigenvalue weighted by atomic mass is 19.1. The molecule has 0 saturated carbocycles. The number of hydrogen-bond acceptors (Lipinski definition) is 2. The summed E-state index contributed by atoms with van der Waals surface area (Å²) in [6.45, 7) is 2.92. The SMILES string of the molecule is Fc1ccc2c(c1)N(Cc1cccc3c1CCCN3)CC2. The van der Waals surface area contributed by atoms with Gasteiger partial charge in [-0.2, -0.15) is 0 Å². The summed E-state index contributed by atoms with van der Waals surface area (Å²) in [5.74, 6) is -0.141. The molecule has 2 nitrogen and oxygen atoms in total. The molecular formula is C18H19FN2. The molecule has 2 heterocycles. The van der Waals surface area contributed by atoms with E-state index < -0.39 is 0 Å².